The van der Waals surface area contributed by atoms with Crippen LogP contribution >= 0.6 is 11.8 Å². The second-order valence-corrected chi connectivity index (χ2v) is 2.58. The van der Waals surface area contributed by atoms with Crippen LogP contribution in [-0.4, -0.2) is 16.2 Å². The molecule has 10 heavy (non-hydrogen) atoms. The highest BCUT2D eigenvalue weighted by Crippen LogP contribution is 2.15. The van der Waals surface area contributed by atoms with Crippen LogP contribution in [0.4, 0.5) is 4.39 Å². The number of aromatic nitrogens is 2. The maximum Gasteiger partial charge on any atom is 0.176 e. The Hall–Kier alpha value is -0.640. The summed E-state index contributed by atoms with van der Waals surface area (Å²) in [6, 6.07) is 0. The predicted octanol–water partition coefficient (Wildman–Crippen LogP) is 1.65. The molecule has 0 saturated heterocycles. The molecule has 0 aliphatic carbocycles. The monoisotopic (exact) mass is 158 g/mol. The smallest absolute Gasteiger partial charge is 0.176 e. The molecule has 1 aromatic heterocycles. The van der Waals surface area contributed by atoms with E-state index in [4.69, 9.17) is 0 Å². The molecule has 0 aromatic carbocycles. The van der Waals surface area contributed by atoms with Gasteiger partial charge in [0.15, 0.2) is 5.82 Å². The first-order valence-corrected chi connectivity index (χ1v) is 3.99. The lowest BCUT2D eigenvalue weighted by Gasteiger charge is -1.97. The van der Waals surface area contributed by atoms with Gasteiger partial charge >= 0.3 is 0 Å². The SMILES string of the molecule is CSc1ncnc(C)c1F. The van der Waals surface area contributed by atoms with Gasteiger partial charge in [0.05, 0.1) is 5.69 Å². The lowest BCUT2D eigenvalue weighted by molar-refractivity contribution is 0.567. The Balaban J connectivity index is 3.14. The van der Waals surface area contributed by atoms with Gasteiger partial charge in [0.2, 0.25) is 0 Å². The minimum absolute atomic E-state index is 0.310. The predicted molar refractivity (Wildman–Crippen MR) is 38.5 cm³/mol. The first-order chi connectivity index (χ1) is 4.75. The molecule has 0 N–H and O–H groups in total. The lowest BCUT2D eigenvalue weighted by Crippen LogP contribution is -1.92. The van der Waals surface area contributed by atoms with Crippen molar-refractivity contribution in [2.45, 2.75) is 11.9 Å². The topological polar surface area (TPSA) is 25.8 Å². The van der Waals surface area contributed by atoms with Gasteiger partial charge in [-0.05, 0) is 13.2 Å². The number of nitrogens with zero attached hydrogens (tertiary/aromatic N) is 2. The molecule has 1 aromatic rings. The first kappa shape index (κ1) is 7.47. The van der Waals surface area contributed by atoms with Crippen LogP contribution in [0.25, 0.3) is 0 Å². The summed E-state index contributed by atoms with van der Waals surface area (Å²) in [4.78, 5) is 7.42. The van der Waals surface area contributed by atoms with Crippen molar-refractivity contribution in [3.63, 3.8) is 0 Å². The quantitative estimate of drug-likeness (QED) is 0.459. The fourth-order valence-electron chi connectivity index (χ4n) is 0.578. The molecule has 0 fully saturated rings. The molecule has 0 atom stereocenters. The molecule has 0 unspecified atom stereocenters. The molecule has 0 aliphatic rings. The summed E-state index contributed by atoms with van der Waals surface area (Å²) in [5.74, 6) is -0.310. The van der Waals surface area contributed by atoms with Crippen molar-refractivity contribution in [2.24, 2.45) is 0 Å². The Labute approximate surface area is 62.9 Å². The third-order valence-electron chi connectivity index (χ3n) is 1.13. The number of rotatable bonds is 1. The summed E-state index contributed by atoms with van der Waals surface area (Å²) >= 11 is 1.28. The van der Waals surface area contributed by atoms with Gasteiger partial charge in [-0.3, -0.25) is 0 Å². The third-order valence-corrected chi connectivity index (χ3v) is 1.80. The van der Waals surface area contributed by atoms with E-state index < -0.39 is 0 Å². The van der Waals surface area contributed by atoms with Crippen molar-refractivity contribution < 1.29 is 4.39 Å². The second kappa shape index (κ2) is 2.96. The Morgan fingerprint density at radius 2 is 2.20 bits per heavy atom. The van der Waals surface area contributed by atoms with E-state index in [1.807, 2.05) is 0 Å². The summed E-state index contributed by atoms with van der Waals surface area (Å²) < 4.78 is 12.9. The highest BCUT2D eigenvalue weighted by molar-refractivity contribution is 7.98. The van der Waals surface area contributed by atoms with Crippen LogP contribution < -0.4 is 0 Å². The first-order valence-electron chi connectivity index (χ1n) is 2.76. The molecule has 2 nitrogen and oxygen atoms in total. The standard InChI is InChI=1S/C6H7FN2S/c1-4-5(7)6(10-2)9-3-8-4/h3H,1-2H3. The van der Waals surface area contributed by atoms with Crippen molar-refractivity contribution in [3.8, 4) is 0 Å². The maximum atomic E-state index is 12.9. The zero-order chi connectivity index (χ0) is 7.56. The third kappa shape index (κ3) is 1.26. The van der Waals surface area contributed by atoms with E-state index in [2.05, 4.69) is 9.97 Å². The van der Waals surface area contributed by atoms with Crippen molar-refractivity contribution in [2.75, 3.05) is 6.26 Å². The van der Waals surface area contributed by atoms with E-state index in [1.54, 1.807) is 13.2 Å². The number of aryl methyl sites for hydroxylation is 1. The summed E-state index contributed by atoms with van der Waals surface area (Å²) in [7, 11) is 0. The molecule has 0 saturated carbocycles. The van der Waals surface area contributed by atoms with Gasteiger partial charge in [0, 0.05) is 0 Å². The van der Waals surface area contributed by atoms with Gasteiger partial charge < -0.3 is 0 Å². The Kier molecular flexibility index (Phi) is 2.21. The molecule has 0 spiro atoms. The van der Waals surface area contributed by atoms with Crippen molar-refractivity contribution in [3.05, 3.63) is 17.8 Å². The minimum atomic E-state index is -0.310. The highest BCUT2D eigenvalue weighted by atomic mass is 32.2. The van der Waals surface area contributed by atoms with Crippen molar-refractivity contribution in [1.29, 1.82) is 0 Å². The van der Waals surface area contributed by atoms with Crippen LogP contribution in [0, 0.1) is 12.7 Å². The van der Waals surface area contributed by atoms with Crippen LogP contribution in [0.3, 0.4) is 0 Å². The van der Waals surface area contributed by atoms with E-state index in [0.717, 1.165) is 0 Å². The zero-order valence-electron chi connectivity index (χ0n) is 5.76. The van der Waals surface area contributed by atoms with Crippen molar-refractivity contribution in [1.82, 2.24) is 9.97 Å². The van der Waals surface area contributed by atoms with E-state index in [1.165, 1.54) is 18.1 Å². The molecular weight excluding hydrogens is 151 g/mol. The van der Waals surface area contributed by atoms with E-state index in [0.29, 0.717) is 10.7 Å². The molecule has 0 radical (unpaired) electrons. The van der Waals surface area contributed by atoms with Gasteiger partial charge in [-0.1, -0.05) is 0 Å². The van der Waals surface area contributed by atoms with Crippen LogP contribution in [-0.2, 0) is 0 Å². The number of halogens is 1. The van der Waals surface area contributed by atoms with Gasteiger partial charge in [-0.25, -0.2) is 14.4 Å². The molecule has 0 amide bonds. The summed E-state index contributed by atoms with van der Waals surface area (Å²) in [6.07, 6.45) is 3.15. The Bertz CT molecular complexity index is 239. The number of thioether (sulfide) groups is 1. The maximum absolute atomic E-state index is 12.9. The molecule has 1 heterocycles. The van der Waals surface area contributed by atoms with E-state index >= 15 is 0 Å². The van der Waals surface area contributed by atoms with Crippen LogP contribution in [0.1, 0.15) is 5.69 Å². The second-order valence-electron chi connectivity index (χ2n) is 1.78. The Morgan fingerprint density at radius 1 is 1.50 bits per heavy atom. The largest absolute Gasteiger partial charge is 0.239 e. The average Bonchev–Trinajstić information content (AvgIpc) is 1.95. The van der Waals surface area contributed by atoms with E-state index in [-0.39, 0.29) is 5.82 Å². The molecule has 1 rings (SSSR count). The van der Waals surface area contributed by atoms with Gasteiger partial charge in [-0.2, -0.15) is 0 Å². The lowest BCUT2D eigenvalue weighted by atomic mass is 10.4. The molecule has 4 heteroatoms. The Morgan fingerprint density at radius 3 is 2.70 bits per heavy atom. The normalized spacial score (nSPS) is 9.90. The fraction of sp³-hybridized carbons (Fsp3) is 0.333. The van der Waals surface area contributed by atoms with Crippen LogP contribution in [0.5, 0.6) is 0 Å². The number of hydrogen-bond donors (Lipinski definition) is 0. The number of hydrogen-bond acceptors (Lipinski definition) is 3. The van der Waals surface area contributed by atoms with Gasteiger partial charge in [0.1, 0.15) is 11.4 Å². The average molecular weight is 158 g/mol. The summed E-state index contributed by atoms with van der Waals surface area (Å²) in [6.45, 7) is 1.62. The summed E-state index contributed by atoms with van der Waals surface area (Å²) in [5, 5.41) is 0.410. The van der Waals surface area contributed by atoms with Crippen LogP contribution in [0.15, 0.2) is 11.4 Å². The fourth-order valence-corrected chi connectivity index (χ4v) is 1.06. The molecule has 0 aliphatic heterocycles. The summed E-state index contributed by atoms with van der Waals surface area (Å²) in [5.41, 5.74) is 0.402. The van der Waals surface area contributed by atoms with Gasteiger partial charge in [0.25, 0.3) is 0 Å². The van der Waals surface area contributed by atoms with Crippen molar-refractivity contribution >= 4 is 11.8 Å². The zero-order valence-corrected chi connectivity index (χ0v) is 6.57. The molecule has 54 valence electrons. The molecule has 0 bridgehead atoms. The van der Waals surface area contributed by atoms with Gasteiger partial charge in [-0.15, -0.1) is 11.8 Å². The van der Waals surface area contributed by atoms with Crippen LogP contribution in [0.2, 0.25) is 0 Å². The molecular formula is C6H7FN2S. The highest BCUT2D eigenvalue weighted by Gasteiger charge is 2.04. The van der Waals surface area contributed by atoms with E-state index in [9.17, 15) is 4.39 Å². The minimum Gasteiger partial charge on any atom is -0.239 e.